The summed E-state index contributed by atoms with van der Waals surface area (Å²) in [7, 11) is 0. The van der Waals surface area contributed by atoms with E-state index >= 15 is 0 Å². The van der Waals surface area contributed by atoms with Gasteiger partial charge in [-0.15, -0.1) is 11.3 Å². The molecule has 0 fully saturated rings. The zero-order chi connectivity index (χ0) is 10.1. The van der Waals surface area contributed by atoms with Gasteiger partial charge in [-0.1, -0.05) is 0 Å². The van der Waals surface area contributed by atoms with Crippen molar-refractivity contribution in [1.82, 2.24) is 9.55 Å². The van der Waals surface area contributed by atoms with Gasteiger partial charge in [0.15, 0.2) is 0 Å². The number of hydrogen-bond donors (Lipinski definition) is 0. The first kappa shape index (κ1) is 9.08. The number of hydrogen-bond acceptors (Lipinski definition) is 4. The van der Waals surface area contributed by atoms with Gasteiger partial charge in [0.1, 0.15) is 11.0 Å². The lowest BCUT2D eigenvalue weighted by Crippen LogP contribution is -2.20. The van der Waals surface area contributed by atoms with Crippen molar-refractivity contribution in [2.45, 2.75) is 13.5 Å². The van der Waals surface area contributed by atoms with Crippen molar-refractivity contribution in [1.29, 1.82) is 0 Å². The van der Waals surface area contributed by atoms with Gasteiger partial charge < -0.3 is 4.79 Å². The Kier molecular flexibility index (Phi) is 2.17. The predicted octanol–water partition coefficient (Wildman–Crippen LogP) is 0.965. The quantitative estimate of drug-likeness (QED) is 0.691. The smallest absolute Gasteiger partial charge is 0.271 e. The maximum Gasteiger partial charge on any atom is 0.271 e. The molecular formula is C9H8N2O2S. The van der Waals surface area contributed by atoms with E-state index in [0.717, 1.165) is 11.1 Å². The first-order valence-electron chi connectivity index (χ1n) is 4.11. The summed E-state index contributed by atoms with van der Waals surface area (Å²) in [5.41, 5.74) is 1.60. The van der Waals surface area contributed by atoms with E-state index in [4.69, 9.17) is 0 Å². The molecule has 2 aromatic rings. The number of rotatable bonds is 2. The first-order valence-corrected chi connectivity index (χ1v) is 4.99. The molecule has 2 aromatic heterocycles. The van der Waals surface area contributed by atoms with Crippen LogP contribution in [0.25, 0.3) is 10.2 Å². The maximum absolute atomic E-state index is 11.7. The summed E-state index contributed by atoms with van der Waals surface area (Å²) in [6.07, 6.45) is 2.11. The van der Waals surface area contributed by atoms with Crippen LogP contribution in [0.4, 0.5) is 0 Å². The molecule has 0 atom stereocenters. The molecule has 4 nitrogen and oxygen atoms in total. The highest BCUT2D eigenvalue weighted by Crippen LogP contribution is 2.18. The SMILES string of the molecule is Cc1csc2c(=O)n(CC=O)cnc12. The van der Waals surface area contributed by atoms with Crippen LogP contribution in [0.15, 0.2) is 16.5 Å². The zero-order valence-corrected chi connectivity index (χ0v) is 8.37. The van der Waals surface area contributed by atoms with E-state index in [9.17, 15) is 9.59 Å². The number of thiophene rings is 1. The van der Waals surface area contributed by atoms with E-state index in [-0.39, 0.29) is 12.1 Å². The minimum atomic E-state index is -0.139. The van der Waals surface area contributed by atoms with Gasteiger partial charge in [0.25, 0.3) is 5.56 Å². The Morgan fingerprint density at radius 3 is 3.14 bits per heavy atom. The van der Waals surface area contributed by atoms with Gasteiger partial charge in [-0.25, -0.2) is 4.98 Å². The van der Waals surface area contributed by atoms with Crippen molar-refractivity contribution in [3.8, 4) is 0 Å². The highest BCUT2D eigenvalue weighted by molar-refractivity contribution is 7.17. The Labute approximate surface area is 83.8 Å². The molecule has 0 bridgehead atoms. The van der Waals surface area contributed by atoms with E-state index in [2.05, 4.69) is 4.98 Å². The predicted molar refractivity (Wildman–Crippen MR) is 54.7 cm³/mol. The van der Waals surface area contributed by atoms with Gasteiger partial charge in [-0.2, -0.15) is 0 Å². The molecule has 5 heteroatoms. The van der Waals surface area contributed by atoms with Crippen molar-refractivity contribution < 1.29 is 4.79 Å². The highest BCUT2D eigenvalue weighted by Gasteiger charge is 2.07. The molecule has 0 aromatic carbocycles. The fourth-order valence-corrected chi connectivity index (χ4v) is 2.22. The van der Waals surface area contributed by atoms with Crippen LogP contribution in [0.5, 0.6) is 0 Å². The second kappa shape index (κ2) is 3.34. The second-order valence-corrected chi connectivity index (χ2v) is 3.84. The largest absolute Gasteiger partial charge is 0.301 e. The normalized spacial score (nSPS) is 10.6. The molecule has 14 heavy (non-hydrogen) atoms. The first-order chi connectivity index (χ1) is 6.74. The number of carbonyl (C=O) groups is 1. The van der Waals surface area contributed by atoms with E-state index in [1.807, 2.05) is 12.3 Å². The number of fused-ring (bicyclic) bond motifs is 1. The van der Waals surface area contributed by atoms with Crippen LogP contribution in [0.2, 0.25) is 0 Å². The lowest BCUT2D eigenvalue weighted by Gasteiger charge is -1.98. The topological polar surface area (TPSA) is 52.0 Å². The summed E-state index contributed by atoms with van der Waals surface area (Å²) in [6, 6.07) is 0. The lowest BCUT2D eigenvalue weighted by atomic mass is 10.3. The highest BCUT2D eigenvalue weighted by atomic mass is 32.1. The van der Waals surface area contributed by atoms with Gasteiger partial charge in [-0.3, -0.25) is 9.36 Å². The van der Waals surface area contributed by atoms with Gasteiger partial charge >= 0.3 is 0 Å². The average Bonchev–Trinajstić information content (AvgIpc) is 2.54. The summed E-state index contributed by atoms with van der Waals surface area (Å²) in [6.45, 7) is 1.98. The molecule has 0 amide bonds. The van der Waals surface area contributed by atoms with Crippen LogP contribution in [0.3, 0.4) is 0 Å². The van der Waals surface area contributed by atoms with Gasteiger partial charge in [0, 0.05) is 0 Å². The molecule has 2 rings (SSSR count). The van der Waals surface area contributed by atoms with E-state index in [1.165, 1.54) is 22.2 Å². The Balaban J connectivity index is 2.76. The van der Waals surface area contributed by atoms with Crippen LogP contribution >= 0.6 is 11.3 Å². The molecule has 0 aliphatic heterocycles. The lowest BCUT2D eigenvalue weighted by molar-refractivity contribution is -0.108. The van der Waals surface area contributed by atoms with Gasteiger partial charge in [0.2, 0.25) is 0 Å². The van der Waals surface area contributed by atoms with Crippen LogP contribution in [-0.4, -0.2) is 15.8 Å². The summed E-state index contributed by atoms with van der Waals surface area (Å²) in [5.74, 6) is 0. The maximum atomic E-state index is 11.7. The third-order valence-corrected chi connectivity index (χ3v) is 3.07. The summed E-state index contributed by atoms with van der Waals surface area (Å²) in [4.78, 5) is 26.1. The monoisotopic (exact) mass is 208 g/mol. The van der Waals surface area contributed by atoms with E-state index in [1.54, 1.807) is 0 Å². The minimum absolute atomic E-state index is 0.0682. The third kappa shape index (κ3) is 1.26. The van der Waals surface area contributed by atoms with Crippen molar-refractivity contribution in [2.75, 3.05) is 0 Å². The fourth-order valence-electron chi connectivity index (χ4n) is 1.27. The van der Waals surface area contributed by atoms with Crippen molar-refractivity contribution >= 4 is 27.8 Å². The number of aryl methyl sites for hydroxylation is 1. The van der Waals surface area contributed by atoms with Crippen molar-refractivity contribution in [2.24, 2.45) is 0 Å². The molecule has 0 spiro atoms. The molecule has 0 radical (unpaired) electrons. The molecule has 0 unspecified atom stereocenters. The van der Waals surface area contributed by atoms with Crippen LogP contribution in [-0.2, 0) is 11.3 Å². The Morgan fingerprint density at radius 2 is 2.43 bits per heavy atom. The minimum Gasteiger partial charge on any atom is -0.301 e. The summed E-state index contributed by atoms with van der Waals surface area (Å²) in [5, 5.41) is 1.89. The van der Waals surface area contributed by atoms with Gasteiger partial charge in [0.05, 0.1) is 18.4 Å². The Hall–Kier alpha value is -1.49. The van der Waals surface area contributed by atoms with E-state index in [0.29, 0.717) is 11.0 Å². The summed E-state index contributed by atoms with van der Waals surface area (Å²) < 4.78 is 1.93. The average molecular weight is 208 g/mol. The van der Waals surface area contributed by atoms with Crippen molar-refractivity contribution in [3.63, 3.8) is 0 Å². The number of nitrogens with zero attached hydrogens (tertiary/aromatic N) is 2. The molecule has 0 saturated carbocycles. The second-order valence-electron chi connectivity index (χ2n) is 2.97. The van der Waals surface area contributed by atoms with Gasteiger partial charge in [-0.05, 0) is 17.9 Å². The number of aldehydes is 1. The third-order valence-electron chi connectivity index (χ3n) is 1.99. The summed E-state index contributed by atoms with van der Waals surface area (Å²) >= 11 is 1.37. The van der Waals surface area contributed by atoms with Crippen molar-refractivity contribution in [3.05, 3.63) is 27.6 Å². The molecule has 0 aliphatic carbocycles. The Bertz CT molecular complexity index is 541. The van der Waals surface area contributed by atoms with E-state index < -0.39 is 0 Å². The standard InChI is InChI=1S/C9H8N2O2S/c1-6-4-14-8-7(6)10-5-11(2-3-12)9(8)13/h3-5H,2H2,1H3. The van der Waals surface area contributed by atoms with Crippen LogP contribution in [0.1, 0.15) is 5.56 Å². The van der Waals surface area contributed by atoms with Crippen LogP contribution in [0, 0.1) is 6.92 Å². The number of aromatic nitrogens is 2. The zero-order valence-electron chi connectivity index (χ0n) is 7.56. The molecule has 0 saturated heterocycles. The molecule has 2 heterocycles. The van der Waals surface area contributed by atoms with Crippen LogP contribution < -0.4 is 5.56 Å². The molecule has 0 N–H and O–H groups in total. The molecular weight excluding hydrogens is 200 g/mol. The fraction of sp³-hybridized carbons (Fsp3) is 0.222. The molecule has 72 valence electrons. The Morgan fingerprint density at radius 1 is 1.64 bits per heavy atom. The number of carbonyl (C=O) groups excluding carboxylic acids is 1. The molecule has 0 aliphatic rings.